The Morgan fingerprint density at radius 1 is 1.50 bits per heavy atom. The third kappa shape index (κ3) is 2.92. The first-order valence-electron chi connectivity index (χ1n) is 6.37. The standard InChI is InChI=1S/C12H21N3O2S/c1-4-12-11(7-14(3)13-12)8-15-5-6-18(16,17)9-10(15)2/h7,10H,4-6,8-9H2,1-3H3. The zero-order valence-corrected chi connectivity index (χ0v) is 12.1. The zero-order chi connectivity index (χ0) is 13.3. The molecule has 1 aliphatic heterocycles. The van der Waals surface area contributed by atoms with E-state index in [1.807, 2.05) is 24.9 Å². The molecule has 2 heterocycles. The van der Waals surface area contributed by atoms with Crippen LogP contribution in [0, 0.1) is 0 Å². The van der Waals surface area contributed by atoms with Crippen LogP contribution >= 0.6 is 0 Å². The van der Waals surface area contributed by atoms with Gasteiger partial charge in [-0.2, -0.15) is 5.10 Å². The molecule has 0 aliphatic carbocycles. The number of aromatic nitrogens is 2. The molecule has 0 saturated carbocycles. The molecule has 0 N–H and O–H groups in total. The SMILES string of the molecule is CCc1nn(C)cc1CN1CCS(=O)(=O)CC1C. The summed E-state index contributed by atoms with van der Waals surface area (Å²) in [5.41, 5.74) is 2.32. The maximum atomic E-state index is 11.5. The molecule has 0 spiro atoms. The van der Waals surface area contributed by atoms with Gasteiger partial charge in [-0.15, -0.1) is 0 Å². The van der Waals surface area contributed by atoms with Gasteiger partial charge in [-0.25, -0.2) is 8.42 Å². The van der Waals surface area contributed by atoms with Gasteiger partial charge in [0.15, 0.2) is 9.84 Å². The molecule has 1 fully saturated rings. The fourth-order valence-electron chi connectivity index (χ4n) is 2.50. The average molecular weight is 271 g/mol. The van der Waals surface area contributed by atoms with Crippen molar-refractivity contribution in [3.8, 4) is 0 Å². The molecule has 1 aromatic rings. The minimum atomic E-state index is -2.83. The molecule has 1 atom stereocenters. The summed E-state index contributed by atoms with van der Waals surface area (Å²) in [6.07, 6.45) is 2.95. The van der Waals surface area contributed by atoms with Crippen LogP contribution < -0.4 is 0 Å². The summed E-state index contributed by atoms with van der Waals surface area (Å²) in [6.45, 7) is 5.50. The summed E-state index contributed by atoms with van der Waals surface area (Å²) < 4.78 is 24.9. The lowest BCUT2D eigenvalue weighted by molar-refractivity contribution is 0.217. The van der Waals surface area contributed by atoms with Crippen molar-refractivity contribution in [2.24, 2.45) is 7.05 Å². The van der Waals surface area contributed by atoms with Crippen LogP contribution in [0.5, 0.6) is 0 Å². The van der Waals surface area contributed by atoms with E-state index in [9.17, 15) is 8.42 Å². The van der Waals surface area contributed by atoms with E-state index in [1.165, 1.54) is 5.56 Å². The van der Waals surface area contributed by atoms with E-state index in [2.05, 4.69) is 16.9 Å². The Kier molecular flexibility index (Phi) is 3.77. The summed E-state index contributed by atoms with van der Waals surface area (Å²) in [5.74, 6) is 0.549. The highest BCUT2D eigenvalue weighted by atomic mass is 32.2. The highest BCUT2D eigenvalue weighted by Gasteiger charge is 2.28. The number of sulfone groups is 1. The van der Waals surface area contributed by atoms with Gasteiger partial charge in [0.05, 0.1) is 17.2 Å². The maximum Gasteiger partial charge on any atom is 0.153 e. The molecular weight excluding hydrogens is 250 g/mol. The lowest BCUT2D eigenvalue weighted by Crippen LogP contribution is -2.46. The third-order valence-electron chi connectivity index (χ3n) is 3.51. The van der Waals surface area contributed by atoms with E-state index in [0.29, 0.717) is 6.54 Å². The van der Waals surface area contributed by atoms with Gasteiger partial charge in [0.1, 0.15) is 0 Å². The fourth-order valence-corrected chi connectivity index (χ4v) is 4.13. The van der Waals surface area contributed by atoms with Gasteiger partial charge in [0.2, 0.25) is 0 Å². The van der Waals surface area contributed by atoms with Crippen LogP contribution in [-0.4, -0.2) is 47.2 Å². The monoisotopic (exact) mass is 271 g/mol. The predicted octanol–water partition coefficient (Wildman–Crippen LogP) is 0.601. The topological polar surface area (TPSA) is 55.2 Å². The number of nitrogens with zero attached hydrogens (tertiary/aromatic N) is 3. The van der Waals surface area contributed by atoms with Gasteiger partial charge in [0.25, 0.3) is 0 Å². The molecule has 6 heteroatoms. The summed E-state index contributed by atoms with van der Waals surface area (Å²) in [4.78, 5) is 2.23. The molecule has 0 bridgehead atoms. The number of rotatable bonds is 3. The fraction of sp³-hybridized carbons (Fsp3) is 0.750. The van der Waals surface area contributed by atoms with E-state index >= 15 is 0 Å². The summed E-state index contributed by atoms with van der Waals surface area (Å²) >= 11 is 0. The van der Waals surface area contributed by atoms with Crippen LogP contribution in [0.25, 0.3) is 0 Å². The van der Waals surface area contributed by atoms with Crippen LogP contribution in [0.1, 0.15) is 25.1 Å². The van der Waals surface area contributed by atoms with Gasteiger partial charge in [-0.05, 0) is 13.3 Å². The number of hydrogen-bond donors (Lipinski definition) is 0. The molecule has 1 aliphatic rings. The maximum absolute atomic E-state index is 11.5. The van der Waals surface area contributed by atoms with Crippen molar-refractivity contribution < 1.29 is 8.42 Å². The molecule has 2 rings (SSSR count). The first-order valence-corrected chi connectivity index (χ1v) is 8.19. The second kappa shape index (κ2) is 5.01. The van der Waals surface area contributed by atoms with Gasteiger partial charge in [0, 0.05) is 37.9 Å². The van der Waals surface area contributed by atoms with Crippen LogP contribution in [0.4, 0.5) is 0 Å². The molecule has 102 valence electrons. The van der Waals surface area contributed by atoms with E-state index in [4.69, 9.17) is 0 Å². The summed E-state index contributed by atoms with van der Waals surface area (Å²) in [7, 11) is -0.907. The van der Waals surface area contributed by atoms with Crippen LogP contribution in [0.3, 0.4) is 0 Å². The number of hydrogen-bond acceptors (Lipinski definition) is 4. The van der Waals surface area contributed by atoms with Crippen molar-refractivity contribution in [1.82, 2.24) is 14.7 Å². The molecular formula is C12H21N3O2S. The van der Waals surface area contributed by atoms with Crippen molar-refractivity contribution in [3.63, 3.8) is 0 Å². The van der Waals surface area contributed by atoms with Gasteiger partial charge in [-0.3, -0.25) is 9.58 Å². The minimum Gasteiger partial charge on any atom is -0.294 e. The van der Waals surface area contributed by atoms with Crippen molar-refractivity contribution in [3.05, 3.63) is 17.5 Å². The Bertz CT molecular complexity index is 521. The molecule has 18 heavy (non-hydrogen) atoms. The number of aryl methyl sites for hydroxylation is 2. The highest BCUT2D eigenvalue weighted by Crippen LogP contribution is 2.17. The zero-order valence-electron chi connectivity index (χ0n) is 11.3. The molecule has 1 saturated heterocycles. The first kappa shape index (κ1) is 13.5. The molecule has 1 aromatic heterocycles. The second-order valence-corrected chi connectivity index (χ2v) is 7.29. The largest absolute Gasteiger partial charge is 0.294 e. The van der Waals surface area contributed by atoms with Crippen molar-refractivity contribution >= 4 is 9.84 Å². The van der Waals surface area contributed by atoms with Crippen LogP contribution in [0.15, 0.2) is 6.20 Å². The lowest BCUT2D eigenvalue weighted by Gasteiger charge is -2.32. The molecule has 0 aromatic carbocycles. The highest BCUT2D eigenvalue weighted by molar-refractivity contribution is 7.91. The van der Waals surface area contributed by atoms with E-state index in [-0.39, 0.29) is 17.5 Å². The molecule has 0 amide bonds. The van der Waals surface area contributed by atoms with Crippen molar-refractivity contribution in [1.29, 1.82) is 0 Å². The van der Waals surface area contributed by atoms with E-state index < -0.39 is 9.84 Å². The van der Waals surface area contributed by atoms with Gasteiger partial charge in [-0.1, -0.05) is 6.92 Å². The second-order valence-electron chi connectivity index (χ2n) is 5.06. The van der Waals surface area contributed by atoms with Gasteiger partial charge < -0.3 is 0 Å². The Hall–Kier alpha value is -0.880. The molecule has 1 unspecified atom stereocenters. The average Bonchev–Trinajstić information content (AvgIpc) is 2.62. The summed E-state index contributed by atoms with van der Waals surface area (Å²) in [6, 6.07) is 0.0914. The smallest absolute Gasteiger partial charge is 0.153 e. The van der Waals surface area contributed by atoms with Crippen LogP contribution in [-0.2, 0) is 29.9 Å². The van der Waals surface area contributed by atoms with E-state index in [0.717, 1.165) is 18.7 Å². The van der Waals surface area contributed by atoms with Crippen molar-refractivity contribution in [2.75, 3.05) is 18.1 Å². The molecule has 5 nitrogen and oxygen atoms in total. The van der Waals surface area contributed by atoms with Crippen molar-refractivity contribution in [2.45, 2.75) is 32.9 Å². The predicted molar refractivity (Wildman–Crippen MR) is 71.1 cm³/mol. The summed E-state index contributed by atoms with van der Waals surface area (Å²) in [5, 5.41) is 4.42. The Morgan fingerprint density at radius 2 is 2.22 bits per heavy atom. The van der Waals surface area contributed by atoms with Crippen LogP contribution in [0.2, 0.25) is 0 Å². The van der Waals surface area contributed by atoms with E-state index in [1.54, 1.807) is 0 Å². The Morgan fingerprint density at radius 3 is 2.83 bits per heavy atom. The quantitative estimate of drug-likeness (QED) is 0.808. The van der Waals surface area contributed by atoms with Gasteiger partial charge >= 0.3 is 0 Å². The third-order valence-corrected chi connectivity index (χ3v) is 5.30. The Labute approximate surface area is 109 Å². The molecule has 0 radical (unpaired) electrons. The lowest BCUT2D eigenvalue weighted by atomic mass is 10.2. The Balaban J connectivity index is 2.10. The first-order chi connectivity index (χ1) is 8.41. The minimum absolute atomic E-state index is 0.0914. The normalized spacial score (nSPS) is 24.3.